The van der Waals surface area contributed by atoms with E-state index in [1.54, 1.807) is 0 Å². The first-order valence-electron chi connectivity index (χ1n) is 20.1. The summed E-state index contributed by atoms with van der Waals surface area (Å²) in [4.78, 5) is 0. The fourth-order valence-electron chi connectivity index (χ4n) is 10.5. The third-order valence-electron chi connectivity index (χ3n) is 13.0. The molecule has 0 amide bonds. The standard InChI is InChI=1S/C57H38/c1-57(2)52-34-37-19-7-6-18-36(37)32-51(52)55-43-23-11-10-22-42(43)50-33-38(28-29-49(50)56(55)57)53-44-24-12-14-26-46(44)54(47-27-15-13-25-45(47)53)48-31-30-39(35-16-4-3-5-17-35)40-20-8-9-21-41(40)48/h3-34H,1-2H3. The quantitative estimate of drug-likeness (QED) is 0.126. The van der Waals surface area contributed by atoms with Gasteiger partial charge in [0.2, 0.25) is 0 Å². The van der Waals surface area contributed by atoms with Crippen molar-refractivity contribution in [3.63, 3.8) is 0 Å². The molecule has 0 spiro atoms. The zero-order chi connectivity index (χ0) is 37.8. The van der Waals surface area contributed by atoms with E-state index in [4.69, 9.17) is 0 Å². The SMILES string of the molecule is CC1(C)c2cc3ccccc3cc2-c2c1c1ccc(-c3c4ccccc4c(-c4ccc(-c5ccccc5)c5ccccc45)c4ccccc34)cc1c1ccccc21. The van der Waals surface area contributed by atoms with E-state index in [0.717, 1.165) is 0 Å². The number of benzene rings is 11. The molecule has 0 saturated heterocycles. The first-order valence-corrected chi connectivity index (χ1v) is 20.1. The van der Waals surface area contributed by atoms with Crippen LogP contribution in [0.2, 0.25) is 0 Å². The van der Waals surface area contributed by atoms with Crippen LogP contribution in [-0.2, 0) is 5.41 Å². The van der Waals surface area contributed by atoms with Gasteiger partial charge < -0.3 is 0 Å². The van der Waals surface area contributed by atoms with Crippen LogP contribution in [0.15, 0.2) is 194 Å². The van der Waals surface area contributed by atoms with Crippen LogP contribution in [0.1, 0.15) is 25.0 Å². The van der Waals surface area contributed by atoms with Crippen LogP contribution >= 0.6 is 0 Å². The van der Waals surface area contributed by atoms with Gasteiger partial charge >= 0.3 is 0 Å². The summed E-state index contributed by atoms with van der Waals surface area (Å²) < 4.78 is 0. The second-order valence-corrected chi connectivity index (χ2v) is 16.3. The molecule has 0 aromatic heterocycles. The lowest BCUT2D eigenvalue weighted by Crippen LogP contribution is -2.15. The highest BCUT2D eigenvalue weighted by molar-refractivity contribution is 6.26. The van der Waals surface area contributed by atoms with Crippen LogP contribution < -0.4 is 0 Å². The van der Waals surface area contributed by atoms with Gasteiger partial charge in [0.1, 0.15) is 0 Å². The lowest BCUT2D eigenvalue weighted by atomic mass is 9.78. The first-order chi connectivity index (χ1) is 28.1. The van der Waals surface area contributed by atoms with E-state index in [0.29, 0.717) is 0 Å². The van der Waals surface area contributed by atoms with Crippen molar-refractivity contribution in [3.05, 3.63) is 205 Å². The Morgan fingerprint density at radius 1 is 0.281 bits per heavy atom. The Bertz CT molecular complexity index is 3420. The van der Waals surface area contributed by atoms with Gasteiger partial charge in [-0.1, -0.05) is 190 Å². The Balaban J connectivity index is 1.14. The van der Waals surface area contributed by atoms with Crippen LogP contribution in [0.3, 0.4) is 0 Å². The van der Waals surface area contributed by atoms with Gasteiger partial charge in [0, 0.05) is 5.41 Å². The summed E-state index contributed by atoms with van der Waals surface area (Å²) in [6, 6.07) is 72.5. The molecule has 0 fully saturated rings. The van der Waals surface area contributed by atoms with Crippen LogP contribution in [0.5, 0.6) is 0 Å². The van der Waals surface area contributed by atoms with Crippen molar-refractivity contribution in [2.45, 2.75) is 19.3 Å². The van der Waals surface area contributed by atoms with E-state index in [9.17, 15) is 0 Å². The summed E-state index contributed by atoms with van der Waals surface area (Å²) in [6.45, 7) is 4.84. The molecule has 0 unspecified atom stereocenters. The van der Waals surface area contributed by atoms with Crippen molar-refractivity contribution in [2.75, 3.05) is 0 Å². The van der Waals surface area contributed by atoms with Gasteiger partial charge in [0.25, 0.3) is 0 Å². The summed E-state index contributed by atoms with van der Waals surface area (Å²) in [5.74, 6) is 0. The van der Waals surface area contributed by atoms with E-state index in [-0.39, 0.29) is 5.41 Å². The topological polar surface area (TPSA) is 0 Å². The van der Waals surface area contributed by atoms with Gasteiger partial charge in [-0.15, -0.1) is 0 Å². The average molecular weight is 723 g/mol. The Morgan fingerprint density at radius 3 is 1.42 bits per heavy atom. The summed E-state index contributed by atoms with van der Waals surface area (Å²) in [7, 11) is 0. The molecule has 266 valence electrons. The maximum absolute atomic E-state index is 2.49. The van der Waals surface area contributed by atoms with E-state index >= 15 is 0 Å². The summed E-state index contributed by atoms with van der Waals surface area (Å²) in [6.07, 6.45) is 0. The van der Waals surface area contributed by atoms with Gasteiger partial charge in [0.15, 0.2) is 0 Å². The van der Waals surface area contributed by atoms with Crippen molar-refractivity contribution in [3.8, 4) is 44.5 Å². The number of fused-ring (bicyclic) bond motifs is 12. The molecule has 0 nitrogen and oxygen atoms in total. The molecule has 0 heterocycles. The molecule has 12 rings (SSSR count). The Hall–Kier alpha value is -7.02. The highest BCUT2D eigenvalue weighted by Gasteiger charge is 2.38. The highest BCUT2D eigenvalue weighted by Crippen LogP contribution is 2.56. The molecule has 0 bridgehead atoms. The lowest BCUT2D eigenvalue weighted by molar-refractivity contribution is 0.667. The van der Waals surface area contributed by atoms with Crippen molar-refractivity contribution in [1.29, 1.82) is 0 Å². The van der Waals surface area contributed by atoms with Crippen LogP contribution in [-0.4, -0.2) is 0 Å². The third kappa shape index (κ3) is 4.56. The van der Waals surface area contributed by atoms with E-state index in [1.165, 1.54) is 120 Å². The molecule has 0 heteroatoms. The molecule has 11 aromatic carbocycles. The van der Waals surface area contributed by atoms with Crippen molar-refractivity contribution >= 4 is 64.6 Å². The molecule has 1 aliphatic rings. The number of rotatable bonds is 3. The van der Waals surface area contributed by atoms with Gasteiger partial charge in [0.05, 0.1) is 0 Å². The summed E-state index contributed by atoms with van der Waals surface area (Å²) >= 11 is 0. The molecule has 0 saturated carbocycles. The van der Waals surface area contributed by atoms with E-state index < -0.39 is 0 Å². The van der Waals surface area contributed by atoms with Crippen molar-refractivity contribution in [2.24, 2.45) is 0 Å². The van der Waals surface area contributed by atoms with Gasteiger partial charge in [-0.3, -0.25) is 0 Å². The lowest BCUT2D eigenvalue weighted by Gasteiger charge is -2.25. The number of hydrogen-bond donors (Lipinski definition) is 0. The minimum absolute atomic E-state index is 0.154. The first kappa shape index (κ1) is 32.2. The fourth-order valence-corrected chi connectivity index (χ4v) is 10.5. The van der Waals surface area contributed by atoms with Gasteiger partial charge in [-0.2, -0.15) is 0 Å². The average Bonchev–Trinajstić information content (AvgIpc) is 3.50. The highest BCUT2D eigenvalue weighted by atomic mass is 14.4. The maximum atomic E-state index is 2.49. The molecule has 0 radical (unpaired) electrons. The summed E-state index contributed by atoms with van der Waals surface area (Å²) in [5.41, 5.74) is 13.0. The zero-order valence-electron chi connectivity index (χ0n) is 32.0. The smallest absolute Gasteiger partial charge is 0.0165 e. The van der Waals surface area contributed by atoms with Gasteiger partial charge in [-0.25, -0.2) is 0 Å². The molecule has 0 atom stereocenters. The van der Waals surface area contributed by atoms with Crippen LogP contribution in [0.4, 0.5) is 0 Å². The van der Waals surface area contributed by atoms with E-state index in [2.05, 4.69) is 208 Å². The Morgan fingerprint density at radius 2 is 0.772 bits per heavy atom. The van der Waals surface area contributed by atoms with Crippen LogP contribution in [0, 0.1) is 0 Å². The molecule has 0 N–H and O–H groups in total. The zero-order valence-corrected chi connectivity index (χ0v) is 32.0. The Kier molecular flexibility index (Phi) is 6.78. The molecule has 1 aliphatic carbocycles. The predicted octanol–water partition coefficient (Wildman–Crippen LogP) is 15.9. The third-order valence-corrected chi connectivity index (χ3v) is 13.0. The minimum Gasteiger partial charge on any atom is -0.0622 e. The maximum Gasteiger partial charge on any atom is 0.0165 e. The van der Waals surface area contributed by atoms with Crippen molar-refractivity contribution < 1.29 is 0 Å². The Labute approximate surface area is 332 Å². The molecular weight excluding hydrogens is 685 g/mol. The fraction of sp³-hybridized carbons (Fsp3) is 0.0526. The monoisotopic (exact) mass is 722 g/mol. The largest absolute Gasteiger partial charge is 0.0622 e. The molecular formula is C57H38. The second-order valence-electron chi connectivity index (χ2n) is 16.3. The van der Waals surface area contributed by atoms with Gasteiger partial charge in [-0.05, 0) is 138 Å². The van der Waals surface area contributed by atoms with Crippen LogP contribution in [0.25, 0.3) is 109 Å². The predicted molar refractivity (Wildman–Crippen MR) is 245 cm³/mol. The minimum atomic E-state index is -0.154. The summed E-state index contributed by atoms with van der Waals surface area (Å²) in [5, 5.41) is 15.5. The van der Waals surface area contributed by atoms with E-state index in [1.807, 2.05) is 0 Å². The number of hydrogen-bond acceptors (Lipinski definition) is 0. The molecule has 0 aliphatic heterocycles. The van der Waals surface area contributed by atoms with Crippen molar-refractivity contribution in [1.82, 2.24) is 0 Å². The second kappa shape index (κ2) is 12.0. The normalized spacial score (nSPS) is 13.2. The molecule has 57 heavy (non-hydrogen) atoms. The molecule has 11 aromatic rings.